The first-order chi connectivity index (χ1) is 10.1. The van der Waals surface area contributed by atoms with Crippen LogP contribution in [-0.4, -0.2) is 20.4 Å². The van der Waals surface area contributed by atoms with Crippen LogP contribution >= 0.6 is 46.4 Å². The number of imidazole rings is 1. The van der Waals surface area contributed by atoms with Gasteiger partial charge in [-0.3, -0.25) is 4.57 Å². The van der Waals surface area contributed by atoms with Gasteiger partial charge in [-0.1, -0.05) is 34.8 Å². The summed E-state index contributed by atoms with van der Waals surface area (Å²) in [5, 5.41) is 1.63. The molecule has 0 aliphatic carbocycles. The summed E-state index contributed by atoms with van der Waals surface area (Å²) in [6, 6.07) is 7.06. The van der Waals surface area contributed by atoms with E-state index >= 15 is 0 Å². The normalized spacial score (nSPS) is 11.2. The minimum atomic E-state index is 0.450. The molecule has 0 amide bonds. The quantitative estimate of drug-likeness (QED) is 0.604. The van der Waals surface area contributed by atoms with E-state index in [1.165, 1.54) is 0 Å². The molecule has 0 saturated carbocycles. The number of aryl methyl sites for hydroxylation is 1. The molecule has 0 aliphatic heterocycles. The molecule has 0 aliphatic rings. The average Bonchev–Trinajstić information content (AvgIpc) is 2.75. The van der Waals surface area contributed by atoms with Crippen molar-refractivity contribution in [3.8, 4) is 5.69 Å². The Labute approximate surface area is 141 Å². The first-order valence-corrected chi connectivity index (χ1v) is 7.80. The molecule has 2 heterocycles. The molecule has 0 fully saturated rings. The van der Waals surface area contributed by atoms with Crippen LogP contribution in [0, 0.1) is 0 Å². The van der Waals surface area contributed by atoms with E-state index < -0.39 is 0 Å². The second-order valence-electron chi connectivity index (χ2n) is 4.43. The fourth-order valence-electron chi connectivity index (χ4n) is 2.18. The molecule has 0 radical (unpaired) electrons. The third kappa shape index (κ3) is 2.97. The minimum absolute atomic E-state index is 0.450. The average molecular weight is 361 g/mol. The van der Waals surface area contributed by atoms with Crippen LogP contribution in [0.4, 0.5) is 0 Å². The van der Waals surface area contributed by atoms with E-state index in [-0.39, 0.29) is 0 Å². The molecule has 3 aromatic rings. The molecular weight excluding hydrogens is 352 g/mol. The van der Waals surface area contributed by atoms with Crippen LogP contribution in [0.1, 0.15) is 5.82 Å². The maximum absolute atomic E-state index is 6.09. The number of hydrogen-bond acceptors (Lipinski definition) is 2. The maximum Gasteiger partial charge on any atom is 0.164 e. The molecule has 7 heteroatoms. The van der Waals surface area contributed by atoms with Crippen molar-refractivity contribution in [2.45, 2.75) is 6.42 Å². The number of benzene rings is 1. The van der Waals surface area contributed by atoms with Crippen molar-refractivity contribution in [1.82, 2.24) is 14.5 Å². The van der Waals surface area contributed by atoms with Crippen LogP contribution < -0.4 is 0 Å². The van der Waals surface area contributed by atoms with Gasteiger partial charge in [0.2, 0.25) is 0 Å². The van der Waals surface area contributed by atoms with Crippen LogP contribution in [0.15, 0.2) is 30.5 Å². The summed E-state index contributed by atoms with van der Waals surface area (Å²) in [6.45, 7) is 0. The summed E-state index contributed by atoms with van der Waals surface area (Å²) in [6.07, 6.45) is 2.18. The summed E-state index contributed by atoms with van der Waals surface area (Å²) in [5.41, 5.74) is 2.20. The van der Waals surface area contributed by atoms with Crippen molar-refractivity contribution < 1.29 is 0 Å². The van der Waals surface area contributed by atoms with E-state index in [2.05, 4.69) is 9.97 Å². The van der Waals surface area contributed by atoms with Gasteiger partial charge in [0.25, 0.3) is 0 Å². The van der Waals surface area contributed by atoms with Gasteiger partial charge in [-0.15, -0.1) is 11.6 Å². The van der Waals surface area contributed by atoms with Crippen LogP contribution in [0.2, 0.25) is 15.1 Å². The lowest BCUT2D eigenvalue weighted by Crippen LogP contribution is -2.03. The maximum atomic E-state index is 6.09. The first kappa shape index (κ1) is 14.9. The lowest BCUT2D eigenvalue weighted by Gasteiger charge is -2.09. The molecule has 108 valence electrons. The Morgan fingerprint density at radius 1 is 0.952 bits per heavy atom. The van der Waals surface area contributed by atoms with Gasteiger partial charge in [-0.2, -0.15) is 0 Å². The Kier molecular flexibility index (Phi) is 4.27. The predicted octanol–water partition coefficient (Wildman–Crippen LogP) is 5.16. The number of nitrogens with zero attached hydrogens (tertiary/aromatic N) is 3. The summed E-state index contributed by atoms with van der Waals surface area (Å²) >= 11 is 24.0. The highest BCUT2D eigenvalue weighted by molar-refractivity contribution is 6.35. The van der Waals surface area contributed by atoms with E-state index in [0.29, 0.717) is 38.5 Å². The topological polar surface area (TPSA) is 30.7 Å². The number of pyridine rings is 1. The van der Waals surface area contributed by atoms with E-state index in [9.17, 15) is 0 Å². The van der Waals surface area contributed by atoms with Crippen molar-refractivity contribution in [1.29, 1.82) is 0 Å². The van der Waals surface area contributed by atoms with E-state index in [0.717, 1.165) is 11.5 Å². The zero-order valence-electron chi connectivity index (χ0n) is 10.7. The molecule has 21 heavy (non-hydrogen) atoms. The van der Waals surface area contributed by atoms with Gasteiger partial charge in [0, 0.05) is 28.5 Å². The van der Waals surface area contributed by atoms with Gasteiger partial charge in [-0.25, -0.2) is 9.97 Å². The molecular formula is C14H9Cl4N3. The molecule has 3 nitrogen and oxygen atoms in total. The van der Waals surface area contributed by atoms with Gasteiger partial charge < -0.3 is 0 Å². The van der Waals surface area contributed by atoms with Gasteiger partial charge in [-0.05, 0) is 24.3 Å². The fraction of sp³-hybridized carbons (Fsp3) is 0.143. The van der Waals surface area contributed by atoms with Crippen molar-refractivity contribution in [2.75, 3.05) is 5.88 Å². The summed E-state index contributed by atoms with van der Waals surface area (Å²) in [5.74, 6) is 1.24. The highest BCUT2D eigenvalue weighted by Gasteiger charge is 2.14. The summed E-state index contributed by atoms with van der Waals surface area (Å²) in [7, 11) is 0. The molecule has 1 aromatic carbocycles. The third-order valence-electron chi connectivity index (χ3n) is 2.96. The Morgan fingerprint density at radius 2 is 1.67 bits per heavy atom. The largest absolute Gasteiger partial charge is 0.281 e. The highest BCUT2D eigenvalue weighted by atomic mass is 35.5. The lowest BCUT2D eigenvalue weighted by molar-refractivity contribution is 0.905. The predicted molar refractivity (Wildman–Crippen MR) is 88.3 cm³/mol. The van der Waals surface area contributed by atoms with Crippen molar-refractivity contribution in [3.63, 3.8) is 0 Å². The standard InChI is InChI=1S/C14H9Cl4N3/c15-2-1-13-20-12-6-10(18)7-19-14(12)21(13)11-4-8(16)3-9(17)5-11/h3-7H,1-2H2. The fourth-order valence-corrected chi connectivity index (χ4v) is 3.01. The van der Waals surface area contributed by atoms with Crippen LogP contribution in [0.5, 0.6) is 0 Å². The zero-order valence-corrected chi connectivity index (χ0v) is 13.7. The van der Waals surface area contributed by atoms with Crippen molar-refractivity contribution in [3.05, 3.63) is 51.4 Å². The molecule has 0 saturated heterocycles. The third-order valence-corrected chi connectivity index (χ3v) is 3.79. The van der Waals surface area contributed by atoms with E-state index in [1.807, 2.05) is 16.7 Å². The number of rotatable bonds is 3. The zero-order chi connectivity index (χ0) is 15.0. The number of aromatic nitrogens is 3. The van der Waals surface area contributed by atoms with Gasteiger partial charge in [0.1, 0.15) is 11.3 Å². The SMILES string of the molecule is ClCCc1nc2cc(Cl)cnc2n1-c1cc(Cl)cc(Cl)c1. The van der Waals surface area contributed by atoms with Crippen molar-refractivity contribution in [2.24, 2.45) is 0 Å². The molecule has 0 bridgehead atoms. The second-order valence-corrected chi connectivity index (χ2v) is 6.11. The molecule has 0 unspecified atom stereocenters. The molecule has 0 N–H and O–H groups in total. The van der Waals surface area contributed by atoms with Gasteiger partial charge in [0.15, 0.2) is 5.65 Å². The minimum Gasteiger partial charge on any atom is -0.281 e. The Bertz CT molecular complexity index is 793. The summed E-state index contributed by atoms with van der Waals surface area (Å²) < 4.78 is 1.89. The van der Waals surface area contributed by atoms with Crippen LogP contribution in [0.25, 0.3) is 16.9 Å². The van der Waals surface area contributed by atoms with Gasteiger partial charge >= 0.3 is 0 Å². The van der Waals surface area contributed by atoms with Crippen molar-refractivity contribution >= 4 is 57.6 Å². The second kappa shape index (κ2) is 6.01. The molecule has 2 aromatic heterocycles. The number of halogens is 4. The smallest absolute Gasteiger partial charge is 0.164 e. The Morgan fingerprint density at radius 3 is 2.33 bits per heavy atom. The first-order valence-electron chi connectivity index (χ1n) is 6.14. The Balaban J connectivity index is 2.30. The highest BCUT2D eigenvalue weighted by Crippen LogP contribution is 2.27. The van der Waals surface area contributed by atoms with E-state index in [1.54, 1.807) is 18.3 Å². The van der Waals surface area contributed by atoms with Gasteiger partial charge in [0.05, 0.1) is 10.7 Å². The molecule has 3 rings (SSSR count). The number of alkyl halides is 1. The number of hydrogen-bond donors (Lipinski definition) is 0. The summed E-state index contributed by atoms with van der Waals surface area (Å²) in [4.78, 5) is 8.90. The Hall–Kier alpha value is -1.000. The monoisotopic (exact) mass is 359 g/mol. The lowest BCUT2D eigenvalue weighted by atomic mass is 10.3. The van der Waals surface area contributed by atoms with Crippen LogP contribution in [-0.2, 0) is 6.42 Å². The molecule has 0 spiro atoms. The molecule has 0 atom stereocenters. The van der Waals surface area contributed by atoms with Crippen LogP contribution in [0.3, 0.4) is 0 Å². The van der Waals surface area contributed by atoms with E-state index in [4.69, 9.17) is 46.4 Å². The number of fused-ring (bicyclic) bond motifs is 1.